The third kappa shape index (κ3) is 7.30. The SMILES string of the molecule is CCOC(C)C(=O)OC(C)C(=O)CC(=O)OCC=O. The van der Waals surface area contributed by atoms with Crippen molar-refractivity contribution in [1.29, 1.82) is 0 Å². The summed E-state index contributed by atoms with van der Waals surface area (Å²) in [6, 6.07) is 0. The van der Waals surface area contributed by atoms with Gasteiger partial charge in [0, 0.05) is 6.61 Å². The van der Waals surface area contributed by atoms with Gasteiger partial charge in [0.1, 0.15) is 13.0 Å². The molecule has 0 bridgehead atoms. The van der Waals surface area contributed by atoms with Crippen LogP contribution in [0.25, 0.3) is 0 Å². The fraction of sp³-hybridized carbons (Fsp3) is 0.667. The van der Waals surface area contributed by atoms with Gasteiger partial charge in [0.25, 0.3) is 0 Å². The van der Waals surface area contributed by atoms with Crippen molar-refractivity contribution in [3.8, 4) is 0 Å². The minimum Gasteiger partial charge on any atom is -0.458 e. The van der Waals surface area contributed by atoms with E-state index in [2.05, 4.69) is 4.74 Å². The molecular weight excluding hydrogens is 256 g/mol. The van der Waals surface area contributed by atoms with E-state index in [1.54, 1.807) is 6.92 Å². The molecule has 0 aromatic carbocycles. The molecule has 0 amide bonds. The normalized spacial score (nSPS) is 13.2. The molecule has 0 saturated heterocycles. The molecule has 0 saturated carbocycles. The summed E-state index contributed by atoms with van der Waals surface area (Å²) >= 11 is 0. The molecule has 0 N–H and O–H groups in total. The van der Waals surface area contributed by atoms with E-state index in [0.717, 1.165) is 0 Å². The molecule has 19 heavy (non-hydrogen) atoms. The van der Waals surface area contributed by atoms with E-state index in [9.17, 15) is 19.2 Å². The summed E-state index contributed by atoms with van der Waals surface area (Å²) in [5.74, 6) is -2.12. The van der Waals surface area contributed by atoms with Crippen LogP contribution < -0.4 is 0 Å². The van der Waals surface area contributed by atoms with Gasteiger partial charge in [-0.3, -0.25) is 14.4 Å². The molecule has 0 aliphatic heterocycles. The molecule has 2 unspecified atom stereocenters. The Labute approximate surface area is 111 Å². The van der Waals surface area contributed by atoms with Gasteiger partial charge in [-0.2, -0.15) is 0 Å². The molecule has 0 radical (unpaired) electrons. The Morgan fingerprint density at radius 2 is 1.79 bits per heavy atom. The maximum absolute atomic E-state index is 11.5. The number of Topliss-reactive ketones (excluding diaryl/α,β-unsaturated/α-hetero) is 1. The minimum atomic E-state index is -1.07. The Kier molecular flexibility index (Phi) is 8.35. The Bertz CT molecular complexity index is 337. The molecule has 0 aromatic heterocycles. The molecule has 108 valence electrons. The Hall–Kier alpha value is -1.76. The highest BCUT2D eigenvalue weighted by Gasteiger charge is 2.24. The summed E-state index contributed by atoms with van der Waals surface area (Å²) in [6.45, 7) is 4.52. The van der Waals surface area contributed by atoms with Crippen LogP contribution in [0.4, 0.5) is 0 Å². The van der Waals surface area contributed by atoms with Crippen molar-refractivity contribution >= 4 is 24.0 Å². The van der Waals surface area contributed by atoms with Crippen LogP contribution in [0, 0.1) is 0 Å². The molecule has 0 heterocycles. The lowest BCUT2D eigenvalue weighted by Crippen LogP contribution is -2.32. The zero-order valence-corrected chi connectivity index (χ0v) is 11.2. The minimum absolute atomic E-state index is 0.344. The average Bonchev–Trinajstić information content (AvgIpc) is 2.36. The largest absolute Gasteiger partial charge is 0.458 e. The second-order valence-corrected chi connectivity index (χ2v) is 3.67. The van der Waals surface area contributed by atoms with Crippen LogP contribution in [0.15, 0.2) is 0 Å². The van der Waals surface area contributed by atoms with E-state index in [1.165, 1.54) is 13.8 Å². The molecule has 0 fully saturated rings. The number of hydrogen-bond donors (Lipinski definition) is 0. The van der Waals surface area contributed by atoms with E-state index in [0.29, 0.717) is 12.9 Å². The van der Waals surface area contributed by atoms with Crippen molar-refractivity contribution in [2.45, 2.75) is 39.4 Å². The molecule has 2 atom stereocenters. The second kappa shape index (κ2) is 9.21. The van der Waals surface area contributed by atoms with Gasteiger partial charge in [-0.1, -0.05) is 0 Å². The standard InChI is InChI=1S/C12H18O7/c1-4-17-9(3)12(16)19-8(2)10(14)7-11(15)18-6-5-13/h5,8-9H,4,6-7H2,1-3H3. The average molecular weight is 274 g/mol. The Morgan fingerprint density at radius 3 is 2.32 bits per heavy atom. The molecule has 0 aliphatic rings. The Balaban J connectivity index is 4.15. The van der Waals surface area contributed by atoms with E-state index < -0.39 is 43.0 Å². The third-order valence-corrected chi connectivity index (χ3v) is 2.13. The number of ether oxygens (including phenoxy) is 3. The van der Waals surface area contributed by atoms with Crippen molar-refractivity contribution < 1.29 is 33.4 Å². The zero-order chi connectivity index (χ0) is 14.8. The van der Waals surface area contributed by atoms with E-state index >= 15 is 0 Å². The molecule has 7 nitrogen and oxygen atoms in total. The number of esters is 2. The smallest absolute Gasteiger partial charge is 0.335 e. The van der Waals surface area contributed by atoms with E-state index in [1.807, 2.05) is 0 Å². The van der Waals surface area contributed by atoms with Crippen LogP contribution in [0.3, 0.4) is 0 Å². The number of aldehydes is 1. The topological polar surface area (TPSA) is 96.0 Å². The molecule has 0 spiro atoms. The summed E-state index contributed by atoms with van der Waals surface area (Å²) in [6.07, 6.45) is -2.00. The quantitative estimate of drug-likeness (QED) is 0.333. The van der Waals surface area contributed by atoms with Gasteiger partial charge in [0.15, 0.2) is 24.3 Å². The molecule has 0 aromatic rings. The third-order valence-electron chi connectivity index (χ3n) is 2.13. The van der Waals surface area contributed by atoms with Gasteiger partial charge in [0.2, 0.25) is 0 Å². The highest BCUT2D eigenvalue weighted by Crippen LogP contribution is 2.03. The van der Waals surface area contributed by atoms with Crippen LogP contribution in [0.1, 0.15) is 27.2 Å². The van der Waals surface area contributed by atoms with Gasteiger partial charge in [-0.25, -0.2) is 4.79 Å². The lowest BCUT2D eigenvalue weighted by atomic mass is 10.2. The number of hydrogen-bond acceptors (Lipinski definition) is 7. The van der Waals surface area contributed by atoms with Crippen molar-refractivity contribution in [3.63, 3.8) is 0 Å². The zero-order valence-electron chi connectivity index (χ0n) is 11.2. The first-order valence-corrected chi connectivity index (χ1v) is 5.86. The van der Waals surface area contributed by atoms with E-state index in [-0.39, 0.29) is 0 Å². The fourth-order valence-electron chi connectivity index (χ4n) is 1.12. The summed E-state index contributed by atoms with van der Waals surface area (Å²) in [7, 11) is 0. The summed E-state index contributed by atoms with van der Waals surface area (Å²) < 4.78 is 14.3. The lowest BCUT2D eigenvalue weighted by Gasteiger charge is -2.15. The number of rotatable bonds is 9. The Morgan fingerprint density at radius 1 is 1.16 bits per heavy atom. The first-order valence-electron chi connectivity index (χ1n) is 5.86. The van der Waals surface area contributed by atoms with Crippen molar-refractivity contribution in [2.75, 3.05) is 13.2 Å². The highest BCUT2D eigenvalue weighted by molar-refractivity contribution is 5.98. The monoisotopic (exact) mass is 274 g/mol. The van der Waals surface area contributed by atoms with Gasteiger partial charge >= 0.3 is 11.9 Å². The number of carbonyl (C=O) groups is 4. The molecule has 7 heteroatoms. The van der Waals surface area contributed by atoms with Crippen molar-refractivity contribution in [3.05, 3.63) is 0 Å². The fourth-order valence-corrected chi connectivity index (χ4v) is 1.12. The van der Waals surface area contributed by atoms with Crippen LogP contribution in [0.2, 0.25) is 0 Å². The summed E-state index contributed by atoms with van der Waals surface area (Å²) in [5, 5.41) is 0. The van der Waals surface area contributed by atoms with Gasteiger partial charge in [-0.15, -0.1) is 0 Å². The van der Waals surface area contributed by atoms with Gasteiger partial charge in [-0.05, 0) is 20.8 Å². The van der Waals surface area contributed by atoms with Crippen molar-refractivity contribution in [1.82, 2.24) is 0 Å². The molecule has 0 aliphatic carbocycles. The predicted molar refractivity (Wildman–Crippen MR) is 63.3 cm³/mol. The van der Waals surface area contributed by atoms with Crippen LogP contribution in [0.5, 0.6) is 0 Å². The van der Waals surface area contributed by atoms with Crippen LogP contribution in [-0.2, 0) is 33.4 Å². The number of ketones is 1. The van der Waals surface area contributed by atoms with Crippen LogP contribution in [-0.4, -0.2) is 49.4 Å². The summed E-state index contributed by atoms with van der Waals surface area (Å²) in [5.41, 5.74) is 0. The van der Waals surface area contributed by atoms with Crippen LogP contribution >= 0.6 is 0 Å². The maximum Gasteiger partial charge on any atom is 0.335 e. The van der Waals surface area contributed by atoms with Gasteiger partial charge < -0.3 is 14.2 Å². The van der Waals surface area contributed by atoms with Crippen molar-refractivity contribution in [2.24, 2.45) is 0 Å². The first-order chi connectivity index (χ1) is 8.92. The second-order valence-electron chi connectivity index (χ2n) is 3.67. The lowest BCUT2D eigenvalue weighted by molar-refractivity contribution is -0.165. The van der Waals surface area contributed by atoms with Gasteiger partial charge in [0.05, 0.1) is 0 Å². The molecule has 0 rings (SSSR count). The number of carbonyl (C=O) groups excluding carboxylic acids is 4. The highest BCUT2D eigenvalue weighted by atomic mass is 16.6. The molecular formula is C12H18O7. The predicted octanol–water partition coefficient (Wildman–Crippen LogP) is 0.0444. The maximum atomic E-state index is 11.5. The van der Waals surface area contributed by atoms with E-state index in [4.69, 9.17) is 9.47 Å². The summed E-state index contributed by atoms with van der Waals surface area (Å²) in [4.78, 5) is 44.0. The first kappa shape index (κ1) is 17.2.